The molecule has 356 valence electrons. The van der Waals surface area contributed by atoms with E-state index in [1.807, 2.05) is 6.08 Å². The summed E-state index contributed by atoms with van der Waals surface area (Å²) in [6.07, 6.45) is 57.9. The zero-order valence-corrected chi connectivity index (χ0v) is 40.5. The minimum absolute atomic E-state index is 0.0205. The molecule has 2 unspecified atom stereocenters. The molecule has 1 amide bonds. The molecule has 60 heavy (non-hydrogen) atoms. The van der Waals surface area contributed by atoms with E-state index in [0.717, 1.165) is 57.8 Å². The van der Waals surface area contributed by atoms with E-state index in [4.69, 9.17) is 4.74 Å². The predicted octanol–water partition coefficient (Wildman–Crippen LogP) is 16.1. The monoisotopic (exact) mass is 848 g/mol. The third kappa shape index (κ3) is 46.1. The molecule has 0 aliphatic carbocycles. The highest BCUT2D eigenvalue weighted by molar-refractivity contribution is 5.76. The molecule has 0 rings (SSSR count). The summed E-state index contributed by atoms with van der Waals surface area (Å²) in [5.74, 6) is -0.108. The minimum Gasteiger partial charge on any atom is -0.466 e. The number of carbonyl (C=O) groups is 2. The first-order valence-corrected chi connectivity index (χ1v) is 27.0. The van der Waals surface area contributed by atoms with Crippen LogP contribution in [0.25, 0.3) is 0 Å². The summed E-state index contributed by atoms with van der Waals surface area (Å²) >= 11 is 0. The van der Waals surface area contributed by atoms with Gasteiger partial charge in [0.1, 0.15) is 0 Å². The molecule has 0 aromatic heterocycles. The second-order valence-electron chi connectivity index (χ2n) is 18.6. The molecule has 0 radical (unpaired) electrons. The SMILES string of the molecule is CCCCCCCCCCCCCCCCCCCCCC/C=C/C(O)C(CO)NC(=O)CCCCCCCCCCCCOC(=O)CCCCCCCCCCCCC. The molecule has 3 N–H and O–H groups in total. The number of rotatable bonds is 50. The number of nitrogens with one attached hydrogen (secondary N) is 1. The van der Waals surface area contributed by atoms with E-state index < -0.39 is 12.1 Å². The van der Waals surface area contributed by atoms with Gasteiger partial charge in [0, 0.05) is 12.8 Å². The first-order chi connectivity index (χ1) is 29.5. The average Bonchev–Trinajstić information content (AvgIpc) is 3.25. The van der Waals surface area contributed by atoms with Gasteiger partial charge in [0.25, 0.3) is 0 Å². The molecule has 0 aromatic rings. The molecule has 0 heterocycles. The first kappa shape index (κ1) is 58.6. The normalized spacial score (nSPS) is 12.7. The fraction of sp³-hybridized carbons (Fsp3) is 0.926. The Morgan fingerprint density at radius 2 is 0.767 bits per heavy atom. The van der Waals surface area contributed by atoms with Crippen LogP contribution < -0.4 is 5.32 Å². The maximum atomic E-state index is 12.5. The minimum atomic E-state index is -0.858. The average molecular weight is 848 g/mol. The lowest BCUT2D eigenvalue weighted by Gasteiger charge is -2.20. The molecule has 0 bridgehead atoms. The Balaban J connectivity index is 3.51. The lowest BCUT2D eigenvalue weighted by Crippen LogP contribution is -2.45. The molecular weight excluding hydrogens is 743 g/mol. The van der Waals surface area contributed by atoms with Gasteiger partial charge in [0.2, 0.25) is 5.91 Å². The fourth-order valence-corrected chi connectivity index (χ4v) is 8.40. The van der Waals surface area contributed by atoms with Crippen molar-refractivity contribution >= 4 is 11.9 Å². The summed E-state index contributed by atoms with van der Waals surface area (Å²) in [4.78, 5) is 24.4. The summed E-state index contributed by atoms with van der Waals surface area (Å²) < 4.78 is 5.44. The molecule has 0 spiro atoms. The summed E-state index contributed by atoms with van der Waals surface area (Å²) in [5, 5.41) is 23.1. The lowest BCUT2D eigenvalue weighted by atomic mass is 10.0. The van der Waals surface area contributed by atoms with Gasteiger partial charge in [-0.1, -0.05) is 264 Å². The van der Waals surface area contributed by atoms with E-state index in [2.05, 4.69) is 19.2 Å². The molecule has 0 fully saturated rings. The zero-order chi connectivity index (χ0) is 43.7. The van der Waals surface area contributed by atoms with E-state index in [-0.39, 0.29) is 18.5 Å². The lowest BCUT2D eigenvalue weighted by molar-refractivity contribution is -0.143. The highest BCUT2D eigenvalue weighted by atomic mass is 16.5. The van der Waals surface area contributed by atoms with Crippen molar-refractivity contribution in [3.8, 4) is 0 Å². The topological polar surface area (TPSA) is 95.9 Å². The number of unbranched alkanes of at least 4 members (excludes halogenated alkanes) is 39. The second kappa shape index (κ2) is 50.2. The first-order valence-electron chi connectivity index (χ1n) is 27.0. The highest BCUT2D eigenvalue weighted by Crippen LogP contribution is 2.17. The molecule has 0 saturated heterocycles. The van der Waals surface area contributed by atoms with Crippen molar-refractivity contribution in [2.24, 2.45) is 0 Å². The number of hydrogen-bond donors (Lipinski definition) is 3. The van der Waals surface area contributed by atoms with Gasteiger partial charge < -0.3 is 20.3 Å². The quantitative estimate of drug-likeness (QED) is 0.0322. The Bertz CT molecular complexity index is 893. The number of allylic oxidation sites excluding steroid dienone is 1. The van der Waals surface area contributed by atoms with Crippen LogP contribution in [0.5, 0.6) is 0 Å². The molecular formula is C54H105NO5. The maximum absolute atomic E-state index is 12.5. The summed E-state index contributed by atoms with van der Waals surface area (Å²) in [6, 6.07) is -0.644. The number of amides is 1. The van der Waals surface area contributed by atoms with E-state index in [1.54, 1.807) is 6.08 Å². The molecule has 6 heteroatoms. The molecule has 2 atom stereocenters. The van der Waals surface area contributed by atoms with E-state index >= 15 is 0 Å². The van der Waals surface area contributed by atoms with E-state index in [1.165, 1.54) is 212 Å². The van der Waals surface area contributed by atoms with Gasteiger partial charge >= 0.3 is 5.97 Å². The standard InChI is InChI=1S/C54H105NO5/c1-3-5-7-9-11-13-15-16-17-18-19-20-21-22-23-24-25-27-30-34-38-42-46-52(57)51(50-56)55-53(58)47-43-39-35-31-28-29-33-37-41-45-49-60-54(59)48-44-40-36-32-26-14-12-10-8-6-4-2/h42,46,51-52,56-57H,3-41,43-45,47-50H2,1-2H3,(H,55,58)/b46-42+. The van der Waals surface area contributed by atoms with E-state index in [9.17, 15) is 19.8 Å². The smallest absolute Gasteiger partial charge is 0.305 e. The maximum Gasteiger partial charge on any atom is 0.305 e. The van der Waals surface area contributed by atoms with Crippen LogP contribution in [0.3, 0.4) is 0 Å². The van der Waals surface area contributed by atoms with Crippen LogP contribution in [0, 0.1) is 0 Å². The Morgan fingerprint density at radius 1 is 0.450 bits per heavy atom. The van der Waals surface area contributed by atoms with Crippen molar-refractivity contribution in [3.63, 3.8) is 0 Å². The van der Waals surface area contributed by atoms with E-state index in [0.29, 0.717) is 19.4 Å². The Morgan fingerprint density at radius 3 is 1.13 bits per heavy atom. The molecule has 0 aliphatic heterocycles. The van der Waals surface area contributed by atoms with Crippen molar-refractivity contribution in [1.29, 1.82) is 0 Å². The van der Waals surface area contributed by atoms with Crippen LogP contribution in [0.2, 0.25) is 0 Å². The summed E-state index contributed by atoms with van der Waals surface area (Å²) in [7, 11) is 0. The van der Waals surface area contributed by atoms with Gasteiger partial charge in [-0.05, 0) is 32.1 Å². The van der Waals surface area contributed by atoms with Crippen LogP contribution >= 0.6 is 0 Å². The van der Waals surface area contributed by atoms with Gasteiger partial charge in [0.05, 0.1) is 25.4 Å². The molecule has 6 nitrogen and oxygen atoms in total. The Labute approximate surface area is 374 Å². The van der Waals surface area contributed by atoms with Crippen molar-refractivity contribution < 1.29 is 24.5 Å². The van der Waals surface area contributed by atoms with Crippen LogP contribution in [0.4, 0.5) is 0 Å². The number of aliphatic hydroxyl groups is 2. The summed E-state index contributed by atoms with van der Waals surface area (Å²) in [5.41, 5.74) is 0. The number of aliphatic hydroxyl groups excluding tert-OH is 2. The summed E-state index contributed by atoms with van der Waals surface area (Å²) in [6.45, 7) is 4.86. The van der Waals surface area contributed by atoms with Gasteiger partial charge in [0.15, 0.2) is 0 Å². The highest BCUT2D eigenvalue weighted by Gasteiger charge is 2.18. The second-order valence-corrected chi connectivity index (χ2v) is 18.6. The van der Waals surface area contributed by atoms with Crippen LogP contribution in [-0.2, 0) is 14.3 Å². The molecule has 0 aliphatic rings. The van der Waals surface area contributed by atoms with Gasteiger partial charge in [-0.25, -0.2) is 0 Å². The number of esters is 1. The predicted molar refractivity (Wildman–Crippen MR) is 260 cm³/mol. The number of hydrogen-bond acceptors (Lipinski definition) is 5. The van der Waals surface area contributed by atoms with Crippen LogP contribution in [-0.4, -0.2) is 47.4 Å². The van der Waals surface area contributed by atoms with Crippen molar-refractivity contribution in [2.75, 3.05) is 13.2 Å². The van der Waals surface area contributed by atoms with Gasteiger partial charge in [-0.15, -0.1) is 0 Å². The van der Waals surface area contributed by atoms with Crippen molar-refractivity contribution in [3.05, 3.63) is 12.2 Å². The Hall–Kier alpha value is -1.40. The Kier molecular flexibility index (Phi) is 49.1. The number of carbonyl (C=O) groups excluding carboxylic acids is 2. The largest absolute Gasteiger partial charge is 0.466 e. The molecule has 0 aromatic carbocycles. The van der Waals surface area contributed by atoms with Gasteiger partial charge in [-0.2, -0.15) is 0 Å². The molecule has 0 saturated carbocycles. The number of ether oxygens (including phenoxy) is 1. The van der Waals surface area contributed by atoms with Crippen LogP contribution in [0.15, 0.2) is 12.2 Å². The zero-order valence-electron chi connectivity index (χ0n) is 40.5. The third-order valence-electron chi connectivity index (χ3n) is 12.6. The van der Waals surface area contributed by atoms with Gasteiger partial charge in [-0.3, -0.25) is 9.59 Å². The van der Waals surface area contributed by atoms with Crippen molar-refractivity contribution in [1.82, 2.24) is 5.32 Å². The third-order valence-corrected chi connectivity index (χ3v) is 12.6. The van der Waals surface area contributed by atoms with Crippen molar-refractivity contribution in [2.45, 2.75) is 309 Å². The van der Waals surface area contributed by atoms with Crippen LogP contribution in [0.1, 0.15) is 296 Å². The fourth-order valence-electron chi connectivity index (χ4n) is 8.40.